The van der Waals surface area contributed by atoms with Gasteiger partial charge < -0.3 is 10.2 Å². The van der Waals surface area contributed by atoms with E-state index in [4.69, 9.17) is 4.99 Å². The quantitative estimate of drug-likeness (QED) is 0.748. The van der Waals surface area contributed by atoms with Crippen LogP contribution in [0.3, 0.4) is 0 Å². The lowest BCUT2D eigenvalue weighted by Gasteiger charge is -2.23. The number of aryl methyl sites for hydroxylation is 2. The number of anilines is 1. The number of fused-ring (bicyclic) bond motifs is 1. The minimum Gasteiger partial charge on any atom is -0.352 e. The van der Waals surface area contributed by atoms with E-state index in [1.807, 2.05) is 52.0 Å². The number of halogens is 1. The van der Waals surface area contributed by atoms with Crippen LogP contribution in [0.4, 0.5) is 11.4 Å². The van der Waals surface area contributed by atoms with Crippen molar-refractivity contribution in [2.24, 2.45) is 4.99 Å². The Morgan fingerprint density at radius 2 is 2.00 bits per heavy atom. The summed E-state index contributed by atoms with van der Waals surface area (Å²) in [4.78, 5) is 32.7. The highest BCUT2D eigenvalue weighted by Gasteiger charge is 2.28. The molecule has 27 heavy (non-hydrogen) atoms. The van der Waals surface area contributed by atoms with Gasteiger partial charge in [-0.05, 0) is 79.0 Å². The molecule has 142 valence electrons. The van der Waals surface area contributed by atoms with Crippen LogP contribution in [0, 0.1) is 13.8 Å². The second-order valence-electron chi connectivity index (χ2n) is 6.97. The monoisotopic (exact) mass is 447 g/mol. The Morgan fingerprint density at radius 1 is 1.30 bits per heavy atom. The first-order chi connectivity index (χ1) is 12.7. The number of benzene rings is 1. The zero-order valence-corrected chi connectivity index (χ0v) is 18.2. The van der Waals surface area contributed by atoms with Gasteiger partial charge in [-0.25, -0.2) is 4.99 Å². The summed E-state index contributed by atoms with van der Waals surface area (Å²) in [5, 5.41) is 2.86. The highest BCUT2D eigenvalue weighted by molar-refractivity contribution is 9.11. The molecule has 0 saturated carbocycles. The number of nitrogens with one attached hydrogen (secondary N) is 1. The molecule has 2 aromatic rings. The van der Waals surface area contributed by atoms with Gasteiger partial charge >= 0.3 is 0 Å². The summed E-state index contributed by atoms with van der Waals surface area (Å²) < 4.78 is 0.991. The molecular weight excluding hydrogens is 426 g/mol. The van der Waals surface area contributed by atoms with Gasteiger partial charge in [0.25, 0.3) is 0 Å². The maximum Gasteiger partial charge on any atom is 0.240 e. The molecule has 1 aliphatic heterocycles. The van der Waals surface area contributed by atoms with E-state index in [1.54, 1.807) is 16.2 Å². The van der Waals surface area contributed by atoms with Gasteiger partial charge in [-0.3, -0.25) is 9.59 Å². The molecule has 0 unspecified atom stereocenters. The van der Waals surface area contributed by atoms with Crippen LogP contribution in [0.5, 0.6) is 0 Å². The van der Waals surface area contributed by atoms with Crippen LogP contribution in [-0.4, -0.2) is 30.1 Å². The van der Waals surface area contributed by atoms with Crippen molar-refractivity contribution in [3.8, 4) is 0 Å². The van der Waals surface area contributed by atoms with Crippen molar-refractivity contribution in [1.82, 2.24) is 5.32 Å². The Labute approximate surface area is 171 Å². The number of carbonyl (C=O) groups is 2. The fraction of sp³-hybridized carbons (Fsp3) is 0.350. The molecule has 2 heterocycles. The van der Waals surface area contributed by atoms with Crippen LogP contribution < -0.4 is 10.2 Å². The maximum absolute atomic E-state index is 13.0. The van der Waals surface area contributed by atoms with E-state index in [1.165, 1.54) is 0 Å². The molecule has 0 saturated heterocycles. The number of nitrogens with zero attached hydrogens (tertiary/aromatic N) is 2. The molecule has 3 rings (SSSR count). The van der Waals surface area contributed by atoms with Gasteiger partial charge in [0.2, 0.25) is 11.8 Å². The Morgan fingerprint density at radius 3 is 2.63 bits per heavy atom. The van der Waals surface area contributed by atoms with Crippen molar-refractivity contribution in [2.75, 3.05) is 11.4 Å². The first-order valence-electron chi connectivity index (χ1n) is 8.79. The summed E-state index contributed by atoms with van der Waals surface area (Å²) in [5.41, 5.74) is 4.30. The third-order valence-corrected chi connectivity index (χ3v) is 6.04. The van der Waals surface area contributed by atoms with E-state index in [0.717, 1.165) is 31.2 Å². The summed E-state index contributed by atoms with van der Waals surface area (Å²) in [6.45, 7) is 7.82. The van der Waals surface area contributed by atoms with Crippen molar-refractivity contribution in [3.63, 3.8) is 0 Å². The predicted molar refractivity (Wildman–Crippen MR) is 114 cm³/mol. The van der Waals surface area contributed by atoms with Crippen LogP contribution in [0.1, 0.15) is 36.3 Å². The molecule has 1 N–H and O–H groups in total. The van der Waals surface area contributed by atoms with E-state index in [0.29, 0.717) is 5.69 Å². The normalized spacial score (nSPS) is 14.1. The van der Waals surface area contributed by atoms with Gasteiger partial charge in [-0.1, -0.05) is 0 Å². The third kappa shape index (κ3) is 4.47. The summed E-state index contributed by atoms with van der Waals surface area (Å²) >= 11 is 5.02. The number of aliphatic imine (C=N–C) groups is 1. The minimum absolute atomic E-state index is 0.0105. The topological polar surface area (TPSA) is 61.8 Å². The molecule has 2 amide bonds. The van der Waals surface area contributed by atoms with Crippen LogP contribution in [0.2, 0.25) is 0 Å². The smallest absolute Gasteiger partial charge is 0.240 e. The van der Waals surface area contributed by atoms with Crippen LogP contribution in [-0.2, 0) is 9.59 Å². The second kappa shape index (κ2) is 7.94. The second-order valence-corrected chi connectivity index (χ2v) is 9.43. The summed E-state index contributed by atoms with van der Waals surface area (Å²) in [6, 6.07) is 7.87. The number of rotatable bonds is 4. The van der Waals surface area contributed by atoms with Gasteiger partial charge in [0.05, 0.1) is 32.2 Å². The molecule has 0 atom stereocenters. The standard InChI is InChI=1S/C20H22BrN3O2S/c1-11(2)22-19(25)10-24-16-8-13(4)12(3)7-14(16)23-15(9-20(24)26)17-5-6-18(21)27-17/h5-8,11H,9-10H2,1-4H3,(H,22,25). The van der Waals surface area contributed by atoms with Crippen molar-refractivity contribution in [2.45, 2.75) is 40.2 Å². The van der Waals surface area contributed by atoms with Gasteiger partial charge in [0.1, 0.15) is 6.54 Å². The highest BCUT2D eigenvalue weighted by atomic mass is 79.9. The molecule has 5 nitrogen and oxygen atoms in total. The van der Waals surface area contributed by atoms with Crippen LogP contribution in [0.15, 0.2) is 33.0 Å². The number of carbonyl (C=O) groups excluding carboxylic acids is 2. The van der Waals surface area contributed by atoms with E-state index >= 15 is 0 Å². The van der Waals surface area contributed by atoms with Gasteiger partial charge in [-0.15, -0.1) is 11.3 Å². The predicted octanol–water partition coefficient (Wildman–Crippen LogP) is 4.51. The fourth-order valence-corrected chi connectivity index (χ4v) is 4.32. The van der Waals surface area contributed by atoms with Crippen molar-refractivity contribution in [1.29, 1.82) is 0 Å². The average molecular weight is 448 g/mol. The molecule has 1 aromatic heterocycles. The summed E-state index contributed by atoms with van der Waals surface area (Å²) in [5.74, 6) is -0.302. The maximum atomic E-state index is 13.0. The van der Waals surface area contributed by atoms with E-state index in [-0.39, 0.29) is 30.8 Å². The van der Waals surface area contributed by atoms with Crippen molar-refractivity contribution < 1.29 is 9.59 Å². The molecule has 0 spiro atoms. The third-order valence-electron chi connectivity index (χ3n) is 4.37. The fourth-order valence-electron chi connectivity index (χ4n) is 2.95. The Hall–Kier alpha value is -1.99. The van der Waals surface area contributed by atoms with Crippen LogP contribution >= 0.6 is 27.3 Å². The molecule has 0 fully saturated rings. The Bertz CT molecular complexity index is 933. The first kappa shape index (κ1) is 19.8. The van der Waals surface area contributed by atoms with Gasteiger partial charge in [-0.2, -0.15) is 0 Å². The SMILES string of the molecule is Cc1cc2c(cc1C)N(CC(=O)NC(C)C)C(=O)CC(c1ccc(Br)s1)=N2. The molecule has 7 heteroatoms. The Kier molecular flexibility index (Phi) is 5.81. The summed E-state index contributed by atoms with van der Waals surface area (Å²) in [7, 11) is 0. The lowest BCUT2D eigenvalue weighted by molar-refractivity contribution is -0.123. The molecular formula is C20H22BrN3O2S. The van der Waals surface area contributed by atoms with Gasteiger partial charge in [0, 0.05) is 6.04 Å². The minimum atomic E-state index is -0.176. The lowest BCUT2D eigenvalue weighted by atomic mass is 10.1. The van der Waals surface area contributed by atoms with E-state index in [9.17, 15) is 9.59 Å². The van der Waals surface area contributed by atoms with Crippen molar-refractivity contribution >= 4 is 56.2 Å². The van der Waals surface area contributed by atoms with E-state index < -0.39 is 0 Å². The van der Waals surface area contributed by atoms with Gasteiger partial charge in [0.15, 0.2) is 0 Å². The molecule has 1 aromatic carbocycles. The molecule has 0 aliphatic carbocycles. The molecule has 1 aliphatic rings. The van der Waals surface area contributed by atoms with Crippen molar-refractivity contribution in [3.05, 3.63) is 44.1 Å². The zero-order valence-electron chi connectivity index (χ0n) is 15.8. The highest BCUT2D eigenvalue weighted by Crippen LogP contribution is 2.36. The molecule has 0 radical (unpaired) electrons. The summed E-state index contributed by atoms with van der Waals surface area (Å²) in [6.07, 6.45) is 0.161. The zero-order chi connectivity index (χ0) is 19.7. The number of hydrogen-bond donors (Lipinski definition) is 1. The number of amides is 2. The van der Waals surface area contributed by atoms with Crippen LogP contribution in [0.25, 0.3) is 0 Å². The molecule has 0 bridgehead atoms. The Balaban J connectivity index is 2.05. The first-order valence-corrected chi connectivity index (χ1v) is 10.4. The number of thiophene rings is 1. The largest absolute Gasteiger partial charge is 0.352 e. The average Bonchev–Trinajstić information content (AvgIpc) is 2.96. The lowest BCUT2D eigenvalue weighted by Crippen LogP contribution is -2.43. The van der Waals surface area contributed by atoms with E-state index in [2.05, 4.69) is 21.2 Å². The number of hydrogen-bond acceptors (Lipinski definition) is 4.